The number of carbonyl (C=O) groups excluding carboxylic acids is 2. The average molecular weight is 277 g/mol. The zero-order chi connectivity index (χ0) is 14.7. The van der Waals surface area contributed by atoms with E-state index < -0.39 is 5.97 Å². The number of ether oxygens (including phenoxy) is 1. The summed E-state index contributed by atoms with van der Waals surface area (Å²) in [6.45, 7) is 3.04. The average Bonchev–Trinajstić information content (AvgIpc) is 2.81. The Morgan fingerprint density at radius 3 is 2.85 bits per heavy atom. The number of hydrogen-bond donors (Lipinski definition) is 2. The molecule has 1 atom stereocenters. The molecule has 1 fully saturated rings. The molecule has 1 heterocycles. The summed E-state index contributed by atoms with van der Waals surface area (Å²) in [4.78, 5) is 25.3. The zero-order valence-corrected chi connectivity index (χ0v) is 11.5. The van der Waals surface area contributed by atoms with Crippen LogP contribution in [0.15, 0.2) is 18.2 Å². The standard InChI is InChI=1S/C14H19N3O3/c1-2-20-14(19)10-3-4-11(16)12(6-10)17-8-9(7-15)5-13(17)18/h3-4,6,9H,2,5,7-8,15-16H2,1H3. The van der Waals surface area contributed by atoms with Crippen LogP contribution in [-0.4, -0.2) is 31.6 Å². The van der Waals surface area contributed by atoms with Crippen molar-refractivity contribution in [1.29, 1.82) is 0 Å². The Morgan fingerprint density at radius 1 is 1.50 bits per heavy atom. The summed E-state index contributed by atoms with van der Waals surface area (Å²) >= 11 is 0. The molecule has 1 aliphatic rings. The number of nitrogens with zero attached hydrogens (tertiary/aromatic N) is 1. The highest BCUT2D eigenvalue weighted by atomic mass is 16.5. The Bertz CT molecular complexity index is 530. The van der Waals surface area contributed by atoms with Crippen LogP contribution in [0, 0.1) is 5.92 Å². The molecule has 0 bridgehead atoms. The molecule has 0 aromatic heterocycles. The minimum atomic E-state index is -0.421. The maximum Gasteiger partial charge on any atom is 0.338 e. The van der Waals surface area contributed by atoms with Gasteiger partial charge in [0.2, 0.25) is 5.91 Å². The molecule has 20 heavy (non-hydrogen) atoms. The topological polar surface area (TPSA) is 98.7 Å². The highest BCUT2D eigenvalue weighted by Crippen LogP contribution is 2.30. The number of benzene rings is 1. The Kier molecular flexibility index (Phi) is 4.24. The maximum atomic E-state index is 12.0. The molecule has 1 amide bonds. The first-order chi connectivity index (χ1) is 9.56. The second-order valence-corrected chi connectivity index (χ2v) is 4.80. The normalized spacial score (nSPS) is 18.4. The molecule has 1 saturated heterocycles. The lowest BCUT2D eigenvalue weighted by Crippen LogP contribution is -2.27. The number of carbonyl (C=O) groups is 2. The number of amides is 1. The Hall–Kier alpha value is -2.08. The van der Waals surface area contributed by atoms with Crippen LogP contribution >= 0.6 is 0 Å². The van der Waals surface area contributed by atoms with E-state index in [-0.39, 0.29) is 11.8 Å². The Balaban J connectivity index is 2.29. The van der Waals surface area contributed by atoms with Gasteiger partial charge in [0.05, 0.1) is 23.5 Å². The molecule has 0 radical (unpaired) electrons. The fourth-order valence-corrected chi connectivity index (χ4v) is 2.29. The lowest BCUT2D eigenvalue weighted by Gasteiger charge is -2.19. The molecule has 0 spiro atoms. The van der Waals surface area contributed by atoms with E-state index >= 15 is 0 Å². The van der Waals surface area contributed by atoms with E-state index in [9.17, 15) is 9.59 Å². The first-order valence-electron chi connectivity index (χ1n) is 6.63. The molecular formula is C14H19N3O3. The lowest BCUT2D eigenvalue weighted by molar-refractivity contribution is -0.117. The molecule has 1 unspecified atom stereocenters. The van der Waals surface area contributed by atoms with Crippen LogP contribution in [0.1, 0.15) is 23.7 Å². The van der Waals surface area contributed by atoms with Crippen LogP contribution < -0.4 is 16.4 Å². The molecule has 2 rings (SSSR count). The minimum absolute atomic E-state index is 0.0202. The van der Waals surface area contributed by atoms with Gasteiger partial charge < -0.3 is 21.1 Å². The molecule has 0 saturated carbocycles. The quantitative estimate of drug-likeness (QED) is 0.625. The zero-order valence-electron chi connectivity index (χ0n) is 11.5. The number of nitrogen functional groups attached to an aromatic ring is 1. The van der Waals surface area contributed by atoms with Gasteiger partial charge in [-0.15, -0.1) is 0 Å². The Labute approximate surface area is 117 Å². The molecular weight excluding hydrogens is 258 g/mol. The third-order valence-electron chi connectivity index (χ3n) is 3.37. The summed E-state index contributed by atoms with van der Waals surface area (Å²) in [7, 11) is 0. The van der Waals surface area contributed by atoms with Gasteiger partial charge in [-0.25, -0.2) is 4.79 Å². The van der Waals surface area contributed by atoms with Gasteiger partial charge >= 0.3 is 5.97 Å². The van der Waals surface area contributed by atoms with Gasteiger partial charge in [-0.1, -0.05) is 0 Å². The molecule has 0 aliphatic carbocycles. The molecule has 6 nitrogen and oxygen atoms in total. The molecule has 1 aliphatic heterocycles. The van der Waals surface area contributed by atoms with E-state index in [0.29, 0.717) is 43.1 Å². The van der Waals surface area contributed by atoms with E-state index in [1.807, 2.05) is 0 Å². The van der Waals surface area contributed by atoms with Gasteiger partial charge in [-0.05, 0) is 37.6 Å². The van der Waals surface area contributed by atoms with Gasteiger partial charge in [0.25, 0.3) is 0 Å². The van der Waals surface area contributed by atoms with Gasteiger partial charge in [0.1, 0.15) is 0 Å². The van der Waals surface area contributed by atoms with Crippen molar-refractivity contribution >= 4 is 23.3 Å². The highest BCUT2D eigenvalue weighted by molar-refractivity contribution is 6.00. The Morgan fingerprint density at radius 2 is 2.25 bits per heavy atom. The first-order valence-corrected chi connectivity index (χ1v) is 6.63. The highest BCUT2D eigenvalue weighted by Gasteiger charge is 2.31. The lowest BCUT2D eigenvalue weighted by atomic mass is 10.1. The summed E-state index contributed by atoms with van der Waals surface area (Å²) in [5.74, 6) is -0.308. The first kappa shape index (κ1) is 14.3. The molecule has 1 aromatic rings. The fraction of sp³-hybridized carbons (Fsp3) is 0.429. The van der Waals surface area contributed by atoms with Crippen molar-refractivity contribution in [2.24, 2.45) is 11.7 Å². The maximum absolute atomic E-state index is 12.0. The number of rotatable bonds is 4. The third kappa shape index (κ3) is 2.75. The van der Waals surface area contributed by atoms with Gasteiger partial charge in [0, 0.05) is 13.0 Å². The van der Waals surface area contributed by atoms with Crippen LogP contribution in [0.3, 0.4) is 0 Å². The molecule has 108 valence electrons. The monoisotopic (exact) mass is 277 g/mol. The number of hydrogen-bond acceptors (Lipinski definition) is 5. The van der Waals surface area contributed by atoms with Crippen LogP contribution in [-0.2, 0) is 9.53 Å². The second kappa shape index (κ2) is 5.92. The molecule has 1 aromatic carbocycles. The van der Waals surface area contributed by atoms with Crippen LogP contribution in [0.4, 0.5) is 11.4 Å². The van der Waals surface area contributed by atoms with Crippen molar-refractivity contribution in [3.63, 3.8) is 0 Å². The second-order valence-electron chi connectivity index (χ2n) is 4.80. The van der Waals surface area contributed by atoms with Crippen LogP contribution in [0.5, 0.6) is 0 Å². The number of anilines is 2. The summed E-state index contributed by atoms with van der Waals surface area (Å²) in [6, 6.07) is 4.81. The van der Waals surface area contributed by atoms with E-state index in [1.165, 1.54) is 0 Å². The van der Waals surface area contributed by atoms with E-state index in [2.05, 4.69) is 0 Å². The van der Waals surface area contributed by atoms with Crippen molar-refractivity contribution in [3.8, 4) is 0 Å². The molecule has 6 heteroatoms. The van der Waals surface area contributed by atoms with Crippen LogP contribution in [0.25, 0.3) is 0 Å². The SMILES string of the molecule is CCOC(=O)c1ccc(N)c(N2CC(CN)CC2=O)c1. The van der Waals surface area contributed by atoms with E-state index in [4.69, 9.17) is 16.2 Å². The van der Waals surface area contributed by atoms with Crippen molar-refractivity contribution in [3.05, 3.63) is 23.8 Å². The summed E-state index contributed by atoms with van der Waals surface area (Å²) in [5.41, 5.74) is 12.9. The smallest absolute Gasteiger partial charge is 0.338 e. The minimum Gasteiger partial charge on any atom is -0.462 e. The van der Waals surface area contributed by atoms with Gasteiger partial charge in [-0.2, -0.15) is 0 Å². The summed E-state index contributed by atoms with van der Waals surface area (Å²) in [6.07, 6.45) is 0.416. The van der Waals surface area contributed by atoms with Crippen molar-refractivity contribution < 1.29 is 14.3 Å². The van der Waals surface area contributed by atoms with E-state index in [1.54, 1.807) is 30.0 Å². The van der Waals surface area contributed by atoms with Gasteiger partial charge in [0.15, 0.2) is 0 Å². The number of esters is 1. The fourth-order valence-electron chi connectivity index (χ4n) is 2.29. The summed E-state index contributed by atoms with van der Waals surface area (Å²) < 4.78 is 4.95. The predicted octanol–water partition coefficient (Wildman–Crippen LogP) is 0.757. The largest absolute Gasteiger partial charge is 0.462 e. The van der Waals surface area contributed by atoms with Crippen molar-refractivity contribution in [2.45, 2.75) is 13.3 Å². The van der Waals surface area contributed by atoms with Crippen LogP contribution in [0.2, 0.25) is 0 Å². The van der Waals surface area contributed by atoms with Gasteiger partial charge in [-0.3, -0.25) is 4.79 Å². The summed E-state index contributed by atoms with van der Waals surface area (Å²) in [5, 5.41) is 0. The van der Waals surface area contributed by atoms with E-state index in [0.717, 1.165) is 0 Å². The van der Waals surface area contributed by atoms with Crippen molar-refractivity contribution in [1.82, 2.24) is 0 Å². The predicted molar refractivity (Wildman–Crippen MR) is 76.3 cm³/mol. The number of nitrogens with two attached hydrogens (primary N) is 2. The van der Waals surface area contributed by atoms with Crippen molar-refractivity contribution in [2.75, 3.05) is 30.3 Å². The third-order valence-corrected chi connectivity index (χ3v) is 3.37. The molecule has 4 N–H and O–H groups in total.